The molecule has 2 fully saturated rings. The maximum Gasteiger partial charge on any atom is 0.225 e. The zero-order valence-corrected chi connectivity index (χ0v) is 27.3. The molecular formula is C31H41Cl2N7O2S. The van der Waals surface area contributed by atoms with Crippen molar-refractivity contribution in [3.05, 3.63) is 58.3 Å². The first kappa shape index (κ1) is 32.2. The molecule has 0 saturated carbocycles. The molecule has 2 aromatic heterocycles. The van der Waals surface area contributed by atoms with Crippen LogP contribution >= 0.6 is 23.2 Å². The number of pyridine rings is 1. The van der Waals surface area contributed by atoms with E-state index < -0.39 is 11.2 Å². The Morgan fingerprint density at radius 3 is 2.28 bits per heavy atom. The third-order valence-corrected chi connectivity index (χ3v) is 10.2. The van der Waals surface area contributed by atoms with Crippen LogP contribution in [0.25, 0.3) is 11.3 Å². The molecule has 2 aliphatic heterocycles. The van der Waals surface area contributed by atoms with Crippen molar-refractivity contribution in [1.29, 1.82) is 0 Å². The van der Waals surface area contributed by atoms with Crippen molar-refractivity contribution in [3.63, 3.8) is 0 Å². The summed E-state index contributed by atoms with van der Waals surface area (Å²) in [6.07, 6.45) is 8.35. The van der Waals surface area contributed by atoms with Gasteiger partial charge in [0.05, 0.1) is 24.3 Å². The lowest BCUT2D eigenvalue weighted by atomic mass is 9.97. The molecule has 43 heavy (non-hydrogen) atoms. The summed E-state index contributed by atoms with van der Waals surface area (Å²) in [7, 11) is 0. The van der Waals surface area contributed by atoms with Gasteiger partial charge in [-0.05, 0) is 75.1 Å². The van der Waals surface area contributed by atoms with Gasteiger partial charge in [-0.2, -0.15) is 0 Å². The number of piperidine rings is 1. The van der Waals surface area contributed by atoms with Gasteiger partial charge < -0.3 is 19.9 Å². The molecule has 5 rings (SSSR count). The number of aromatic nitrogens is 3. The standard InChI is InChI=1S/C31H41Cl2N7O2S/c1-22(43(2)41)3-6-38-9-11-40(12-10-38)31-35-19-28(20-36-31)42-30-14-24(21-39-7-4-23(18-34)5-8-39)13-29(37-30)25-15-26(32)17-27(33)16-25/h13-17,19-20,22-23H,3-12,18,21,34H2,1-2H3. The SMILES string of the molecule is CC(CCN1CCN(c2ncc(Oc3cc(CN4CCC(CN)CC4)cc(-c4cc(Cl)cc(Cl)c4)n3)cn2)CC1)[S+](C)[O-]. The van der Waals surface area contributed by atoms with Crippen LogP contribution in [0.4, 0.5) is 5.95 Å². The first-order valence-electron chi connectivity index (χ1n) is 14.9. The number of nitrogens with two attached hydrogens (primary N) is 1. The maximum absolute atomic E-state index is 11.7. The second-order valence-electron chi connectivity index (χ2n) is 11.6. The van der Waals surface area contributed by atoms with Gasteiger partial charge in [-0.25, -0.2) is 15.0 Å². The molecule has 9 nitrogen and oxygen atoms in total. The number of anilines is 1. The number of ether oxygens (including phenoxy) is 1. The molecule has 3 aromatic rings. The molecule has 1 aromatic carbocycles. The molecule has 2 saturated heterocycles. The number of halogens is 2. The lowest BCUT2D eigenvalue weighted by Gasteiger charge is -2.35. The Morgan fingerprint density at radius 1 is 0.977 bits per heavy atom. The second-order valence-corrected chi connectivity index (χ2v) is 14.2. The van der Waals surface area contributed by atoms with E-state index in [4.69, 9.17) is 38.7 Å². The molecule has 4 heterocycles. The van der Waals surface area contributed by atoms with Gasteiger partial charge >= 0.3 is 0 Å². The van der Waals surface area contributed by atoms with Crippen LogP contribution < -0.4 is 15.4 Å². The number of hydrogen-bond acceptors (Lipinski definition) is 9. The van der Waals surface area contributed by atoms with E-state index in [1.807, 2.05) is 18.2 Å². The van der Waals surface area contributed by atoms with Crippen molar-refractivity contribution in [2.45, 2.75) is 38.0 Å². The Bertz CT molecular complexity index is 1310. The zero-order chi connectivity index (χ0) is 30.3. The van der Waals surface area contributed by atoms with Crippen LogP contribution in [-0.2, 0) is 17.7 Å². The molecule has 0 radical (unpaired) electrons. The van der Waals surface area contributed by atoms with Gasteiger partial charge in [0, 0.05) is 67.4 Å². The summed E-state index contributed by atoms with van der Waals surface area (Å²) in [6.45, 7) is 10.1. The molecule has 0 spiro atoms. The molecular weight excluding hydrogens is 605 g/mol. The quantitative estimate of drug-likeness (QED) is 0.285. The van der Waals surface area contributed by atoms with Crippen LogP contribution in [0, 0.1) is 5.92 Å². The van der Waals surface area contributed by atoms with Crippen molar-refractivity contribution in [1.82, 2.24) is 24.8 Å². The van der Waals surface area contributed by atoms with Gasteiger partial charge in [0.25, 0.3) is 0 Å². The van der Waals surface area contributed by atoms with Gasteiger partial charge in [-0.1, -0.05) is 34.4 Å². The second kappa shape index (κ2) is 15.2. The highest BCUT2D eigenvalue weighted by Crippen LogP contribution is 2.31. The molecule has 2 aliphatic rings. The highest BCUT2D eigenvalue weighted by molar-refractivity contribution is 7.91. The average Bonchev–Trinajstić information content (AvgIpc) is 3.00. The summed E-state index contributed by atoms with van der Waals surface area (Å²) in [6, 6.07) is 9.49. The lowest BCUT2D eigenvalue weighted by Crippen LogP contribution is -2.47. The van der Waals surface area contributed by atoms with E-state index in [-0.39, 0.29) is 5.25 Å². The average molecular weight is 647 g/mol. The molecule has 2 atom stereocenters. The van der Waals surface area contributed by atoms with Crippen molar-refractivity contribution in [3.8, 4) is 22.9 Å². The highest BCUT2D eigenvalue weighted by Gasteiger charge is 2.22. The van der Waals surface area contributed by atoms with Crippen LogP contribution in [0.15, 0.2) is 42.7 Å². The molecule has 0 amide bonds. The fourth-order valence-electron chi connectivity index (χ4n) is 5.54. The normalized spacial score (nSPS) is 18.5. The first-order chi connectivity index (χ1) is 20.7. The Labute approximate surface area is 267 Å². The van der Waals surface area contributed by atoms with E-state index in [9.17, 15) is 4.55 Å². The van der Waals surface area contributed by atoms with Crippen LogP contribution in [0.5, 0.6) is 11.6 Å². The van der Waals surface area contributed by atoms with Crippen molar-refractivity contribution in [2.24, 2.45) is 11.7 Å². The smallest absolute Gasteiger partial charge is 0.225 e. The molecule has 2 N–H and O–H groups in total. The summed E-state index contributed by atoms with van der Waals surface area (Å²) in [5, 5.41) is 1.33. The summed E-state index contributed by atoms with van der Waals surface area (Å²) >= 11 is 11.9. The summed E-state index contributed by atoms with van der Waals surface area (Å²) in [4.78, 5) is 21.1. The largest absolute Gasteiger partial charge is 0.616 e. The highest BCUT2D eigenvalue weighted by atomic mass is 35.5. The van der Waals surface area contributed by atoms with Crippen molar-refractivity contribution >= 4 is 40.3 Å². The number of rotatable bonds is 11. The van der Waals surface area contributed by atoms with Crippen molar-refractivity contribution in [2.75, 3.05) is 63.5 Å². The number of piperazine rings is 1. The molecule has 0 bridgehead atoms. The molecule has 12 heteroatoms. The van der Waals surface area contributed by atoms with E-state index in [1.54, 1.807) is 24.7 Å². The van der Waals surface area contributed by atoms with E-state index in [0.717, 1.165) is 95.0 Å². The number of benzene rings is 1. The van der Waals surface area contributed by atoms with Gasteiger partial charge in [0.15, 0.2) is 5.75 Å². The van der Waals surface area contributed by atoms with Crippen LogP contribution in [0.2, 0.25) is 10.0 Å². The van der Waals surface area contributed by atoms with Crippen LogP contribution in [0.3, 0.4) is 0 Å². The number of hydrogen-bond donors (Lipinski definition) is 1. The third-order valence-electron chi connectivity index (χ3n) is 8.38. The fourth-order valence-corrected chi connectivity index (χ4v) is 6.50. The van der Waals surface area contributed by atoms with Crippen LogP contribution in [0.1, 0.15) is 31.7 Å². The van der Waals surface area contributed by atoms with Gasteiger partial charge in [0.1, 0.15) is 5.25 Å². The zero-order valence-electron chi connectivity index (χ0n) is 24.9. The molecule has 232 valence electrons. The first-order valence-corrected chi connectivity index (χ1v) is 17.3. The minimum Gasteiger partial charge on any atom is -0.616 e. The van der Waals surface area contributed by atoms with Crippen LogP contribution in [-0.4, -0.2) is 93.2 Å². The number of nitrogens with zero attached hydrogens (tertiary/aromatic N) is 6. The summed E-state index contributed by atoms with van der Waals surface area (Å²) < 4.78 is 17.9. The Hall–Kier alpha value is -2.18. The summed E-state index contributed by atoms with van der Waals surface area (Å²) in [5.74, 6) is 2.28. The van der Waals surface area contributed by atoms with Gasteiger partial charge in [-0.15, -0.1) is 0 Å². The minimum atomic E-state index is -0.777. The number of likely N-dealkylation sites (tertiary alicyclic amines) is 1. The third kappa shape index (κ3) is 9.17. The van der Waals surface area contributed by atoms with Gasteiger partial charge in [-0.3, -0.25) is 9.80 Å². The Kier molecular flexibility index (Phi) is 11.4. The van der Waals surface area contributed by atoms with E-state index in [0.29, 0.717) is 33.5 Å². The maximum atomic E-state index is 11.7. The Morgan fingerprint density at radius 2 is 1.65 bits per heavy atom. The molecule has 0 aliphatic carbocycles. The Balaban J connectivity index is 1.26. The monoisotopic (exact) mass is 645 g/mol. The predicted octanol–water partition coefficient (Wildman–Crippen LogP) is 5.09. The predicted molar refractivity (Wildman–Crippen MR) is 176 cm³/mol. The van der Waals surface area contributed by atoms with E-state index in [2.05, 4.69) is 37.7 Å². The lowest BCUT2D eigenvalue weighted by molar-refractivity contribution is 0.180. The topological polar surface area (TPSA) is 107 Å². The summed E-state index contributed by atoms with van der Waals surface area (Å²) in [5.41, 5.74) is 8.56. The van der Waals surface area contributed by atoms with Crippen molar-refractivity contribution < 1.29 is 9.29 Å². The molecule has 2 unspecified atom stereocenters. The van der Waals surface area contributed by atoms with Gasteiger partial charge in [0.2, 0.25) is 11.8 Å². The van der Waals surface area contributed by atoms with E-state index >= 15 is 0 Å². The van der Waals surface area contributed by atoms with E-state index in [1.165, 1.54) is 0 Å². The minimum absolute atomic E-state index is 0.220. The fraction of sp³-hybridized carbons (Fsp3) is 0.516.